The van der Waals surface area contributed by atoms with E-state index in [4.69, 9.17) is 0 Å². The average Bonchev–Trinajstić information content (AvgIpc) is 2.37. The minimum absolute atomic E-state index is 0.236. The molecule has 1 aromatic rings. The minimum atomic E-state index is 0.236. The van der Waals surface area contributed by atoms with Gasteiger partial charge in [0.2, 0.25) is 0 Å². The smallest absolute Gasteiger partial charge is 0.0454 e. The predicted molar refractivity (Wildman–Crippen MR) is 94.1 cm³/mol. The fraction of sp³-hybridized carbons (Fsp3) is 0.684. The summed E-state index contributed by atoms with van der Waals surface area (Å²) in [6, 6.07) is 5.00. The first kappa shape index (κ1) is 18.2. The molecule has 1 aromatic carbocycles. The molecule has 0 amide bonds. The van der Waals surface area contributed by atoms with Crippen LogP contribution < -0.4 is 5.32 Å². The van der Waals surface area contributed by atoms with Crippen LogP contribution in [0.1, 0.15) is 62.4 Å². The van der Waals surface area contributed by atoms with Crippen LogP contribution in [0.2, 0.25) is 0 Å². The van der Waals surface area contributed by atoms with Crippen LogP contribution in [-0.4, -0.2) is 30.6 Å². The van der Waals surface area contributed by atoms with Gasteiger partial charge in [0.1, 0.15) is 0 Å². The fourth-order valence-electron chi connectivity index (χ4n) is 3.04. The van der Waals surface area contributed by atoms with E-state index in [2.05, 4.69) is 77.9 Å². The zero-order chi connectivity index (χ0) is 16.2. The lowest BCUT2D eigenvalue weighted by Gasteiger charge is -2.38. The Morgan fingerprint density at radius 2 is 1.62 bits per heavy atom. The van der Waals surface area contributed by atoms with Gasteiger partial charge in [0, 0.05) is 18.1 Å². The first-order valence-corrected chi connectivity index (χ1v) is 8.25. The second-order valence-electron chi connectivity index (χ2n) is 6.97. The van der Waals surface area contributed by atoms with Gasteiger partial charge in [0.15, 0.2) is 0 Å². The molecule has 0 spiro atoms. The summed E-state index contributed by atoms with van der Waals surface area (Å²) in [5.41, 5.74) is 5.87. The molecule has 1 N–H and O–H groups in total. The monoisotopic (exact) mass is 290 g/mol. The Morgan fingerprint density at radius 3 is 2.05 bits per heavy atom. The lowest BCUT2D eigenvalue weighted by Crippen LogP contribution is -2.45. The third-order valence-corrected chi connectivity index (χ3v) is 4.89. The summed E-state index contributed by atoms with van der Waals surface area (Å²) < 4.78 is 0. The van der Waals surface area contributed by atoms with E-state index in [0.717, 1.165) is 19.5 Å². The number of hydrogen-bond acceptors (Lipinski definition) is 2. The topological polar surface area (TPSA) is 15.3 Å². The summed E-state index contributed by atoms with van der Waals surface area (Å²) in [4.78, 5) is 2.49. The quantitative estimate of drug-likeness (QED) is 0.801. The van der Waals surface area contributed by atoms with Crippen molar-refractivity contribution in [2.45, 2.75) is 66.5 Å². The van der Waals surface area contributed by atoms with Crippen LogP contribution in [-0.2, 0) is 0 Å². The van der Waals surface area contributed by atoms with Crippen LogP contribution in [0.25, 0.3) is 0 Å². The maximum atomic E-state index is 3.69. The maximum Gasteiger partial charge on any atom is 0.0454 e. The van der Waals surface area contributed by atoms with Gasteiger partial charge in [0.05, 0.1) is 0 Å². The SMILES string of the molecule is CCNC(CN(C)C(C)(C)CC)c1c(C)cc(C)cc1C. The molecule has 0 saturated heterocycles. The molecule has 2 nitrogen and oxygen atoms in total. The Kier molecular flexibility index (Phi) is 6.42. The highest BCUT2D eigenvalue weighted by Gasteiger charge is 2.25. The highest BCUT2D eigenvalue weighted by molar-refractivity contribution is 5.40. The van der Waals surface area contributed by atoms with Crippen molar-refractivity contribution in [3.63, 3.8) is 0 Å². The van der Waals surface area contributed by atoms with Crippen molar-refractivity contribution >= 4 is 0 Å². The molecule has 1 unspecified atom stereocenters. The van der Waals surface area contributed by atoms with E-state index in [-0.39, 0.29) is 5.54 Å². The van der Waals surface area contributed by atoms with Gasteiger partial charge < -0.3 is 5.32 Å². The molecule has 1 atom stereocenters. The van der Waals surface area contributed by atoms with Crippen LogP contribution in [0, 0.1) is 20.8 Å². The van der Waals surface area contributed by atoms with Crippen molar-refractivity contribution in [2.24, 2.45) is 0 Å². The van der Waals surface area contributed by atoms with Crippen LogP contribution in [0.3, 0.4) is 0 Å². The molecule has 0 bridgehead atoms. The minimum Gasteiger partial charge on any atom is -0.309 e. The molecule has 0 fully saturated rings. The van der Waals surface area contributed by atoms with E-state index in [0.29, 0.717) is 6.04 Å². The van der Waals surface area contributed by atoms with Crippen LogP contribution in [0.4, 0.5) is 0 Å². The average molecular weight is 290 g/mol. The largest absolute Gasteiger partial charge is 0.309 e. The van der Waals surface area contributed by atoms with Gasteiger partial charge in [-0.1, -0.05) is 31.5 Å². The number of benzene rings is 1. The highest BCUT2D eigenvalue weighted by atomic mass is 15.2. The maximum absolute atomic E-state index is 3.69. The first-order chi connectivity index (χ1) is 9.72. The molecule has 0 aliphatic heterocycles. The predicted octanol–water partition coefficient (Wildman–Crippen LogP) is 4.38. The molecule has 120 valence electrons. The third-order valence-electron chi connectivity index (χ3n) is 4.89. The third kappa shape index (κ3) is 4.55. The Hall–Kier alpha value is -0.860. The molecule has 0 saturated carbocycles. The Morgan fingerprint density at radius 1 is 1.10 bits per heavy atom. The molecule has 1 rings (SSSR count). The van der Waals surface area contributed by atoms with E-state index >= 15 is 0 Å². The molecular formula is C19H34N2. The first-order valence-electron chi connectivity index (χ1n) is 8.25. The van der Waals surface area contributed by atoms with Gasteiger partial charge in [-0.05, 0) is 71.3 Å². The molecule has 0 aromatic heterocycles. The van der Waals surface area contributed by atoms with E-state index in [9.17, 15) is 0 Å². The molecule has 0 heterocycles. The highest BCUT2D eigenvalue weighted by Crippen LogP contribution is 2.27. The van der Waals surface area contributed by atoms with Crippen molar-refractivity contribution in [1.82, 2.24) is 10.2 Å². The van der Waals surface area contributed by atoms with E-state index in [1.165, 1.54) is 22.3 Å². The van der Waals surface area contributed by atoms with Crippen LogP contribution in [0.5, 0.6) is 0 Å². The number of likely N-dealkylation sites (N-methyl/N-ethyl adjacent to an activating group) is 2. The van der Waals surface area contributed by atoms with Crippen molar-refractivity contribution in [1.29, 1.82) is 0 Å². The van der Waals surface area contributed by atoms with E-state index < -0.39 is 0 Å². The number of aryl methyl sites for hydroxylation is 3. The molecule has 0 aliphatic rings. The molecule has 0 aliphatic carbocycles. The molecular weight excluding hydrogens is 256 g/mol. The summed E-state index contributed by atoms with van der Waals surface area (Å²) in [5, 5.41) is 3.69. The van der Waals surface area contributed by atoms with Gasteiger partial charge in [-0.3, -0.25) is 4.90 Å². The standard InChI is InChI=1S/C19H34N2/c1-9-19(6,7)21(8)13-17(20-10-2)18-15(4)11-14(3)12-16(18)5/h11-12,17,20H,9-10,13H2,1-8H3. The van der Waals surface area contributed by atoms with Crippen LogP contribution in [0.15, 0.2) is 12.1 Å². The molecule has 0 radical (unpaired) electrons. The Balaban J connectivity index is 3.08. The summed E-state index contributed by atoms with van der Waals surface area (Å²) in [6.45, 7) is 17.8. The number of hydrogen-bond donors (Lipinski definition) is 1. The van der Waals surface area contributed by atoms with Crippen molar-refractivity contribution in [2.75, 3.05) is 20.1 Å². The Bertz CT molecular complexity index is 440. The van der Waals surface area contributed by atoms with Crippen molar-refractivity contribution in [3.8, 4) is 0 Å². The summed E-state index contributed by atoms with van der Waals surface area (Å²) in [5.74, 6) is 0. The zero-order valence-electron chi connectivity index (χ0n) is 15.3. The summed E-state index contributed by atoms with van der Waals surface area (Å²) in [7, 11) is 2.24. The second kappa shape index (κ2) is 7.42. The Labute approximate surface area is 131 Å². The van der Waals surface area contributed by atoms with Gasteiger partial charge in [-0.25, -0.2) is 0 Å². The van der Waals surface area contributed by atoms with Gasteiger partial charge >= 0.3 is 0 Å². The van der Waals surface area contributed by atoms with Crippen LogP contribution >= 0.6 is 0 Å². The normalized spacial score (nSPS) is 13.8. The fourth-order valence-corrected chi connectivity index (χ4v) is 3.04. The van der Waals surface area contributed by atoms with Gasteiger partial charge in [-0.15, -0.1) is 0 Å². The summed E-state index contributed by atoms with van der Waals surface area (Å²) in [6.07, 6.45) is 1.16. The second-order valence-corrected chi connectivity index (χ2v) is 6.97. The lowest BCUT2D eigenvalue weighted by atomic mass is 9.92. The molecule has 2 heteroatoms. The van der Waals surface area contributed by atoms with Crippen molar-refractivity contribution in [3.05, 3.63) is 34.4 Å². The van der Waals surface area contributed by atoms with Gasteiger partial charge in [-0.2, -0.15) is 0 Å². The lowest BCUT2D eigenvalue weighted by molar-refractivity contribution is 0.135. The number of nitrogens with one attached hydrogen (secondary N) is 1. The van der Waals surface area contributed by atoms with E-state index in [1.54, 1.807) is 0 Å². The zero-order valence-corrected chi connectivity index (χ0v) is 15.3. The number of rotatable bonds is 7. The van der Waals surface area contributed by atoms with E-state index in [1.807, 2.05) is 0 Å². The molecule has 21 heavy (non-hydrogen) atoms. The van der Waals surface area contributed by atoms with Crippen molar-refractivity contribution < 1.29 is 0 Å². The summed E-state index contributed by atoms with van der Waals surface area (Å²) >= 11 is 0. The van der Waals surface area contributed by atoms with Gasteiger partial charge in [0.25, 0.3) is 0 Å². The number of nitrogens with zero attached hydrogens (tertiary/aromatic N) is 1.